The first-order valence-electron chi connectivity index (χ1n) is 13.5. The summed E-state index contributed by atoms with van der Waals surface area (Å²) in [5.74, 6) is 0.732. The van der Waals surface area contributed by atoms with E-state index < -0.39 is 36.1 Å². The SMILES string of the molecule is [2H]C1([2H])C[C@@]2(C)C(CC[C@H]3[C@@H]4CC[C@H]([C@H](C)CCC(=O)O)[C@@]4(C)CC[C@@H]32)C([2H])([2H])[C@]1([2H])O. The van der Waals surface area contributed by atoms with Gasteiger partial charge in [0.05, 0.1) is 7.45 Å². The molecule has 0 heterocycles. The highest BCUT2D eigenvalue weighted by Crippen LogP contribution is 2.68. The monoisotopic (exact) mass is 381 g/mol. The summed E-state index contributed by atoms with van der Waals surface area (Å²) in [5, 5.41) is 19.8. The second-order valence-electron chi connectivity index (χ2n) is 10.5. The molecule has 3 heteroatoms. The van der Waals surface area contributed by atoms with Crippen LogP contribution in [0.5, 0.6) is 0 Å². The Morgan fingerprint density at radius 1 is 1.15 bits per heavy atom. The van der Waals surface area contributed by atoms with Crippen LogP contribution < -0.4 is 0 Å². The molecular formula is C24H40O3. The summed E-state index contributed by atoms with van der Waals surface area (Å²) in [4.78, 5) is 11.1. The third-order valence-electron chi connectivity index (χ3n) is 9.39. The molecule has 0 spiro atoms. The van der Waals surface area contributed by atoms with Crippen molar-refractivity contribution in [2.45, 2.75) is 97.4 Å². The molecule has 4 saturated carbocycles. The van der Waals surface area contributed by atoms with E-state index in [9.17, 15) is 9.90 Å². The Balaban J connectivity index is 1.61. The fourth-order valence-corrected chi connectivity index (χ4v) is 7.97. The summed E-state index contributed by atoms with van der Waals surface area (Å²) in [6, 6.07) is 0. The molecule has 2 N–H and O–H groups in total. The summed E-state index contributed by atoms with van der Waals surface area (Å²) in [6.45, 7) is 6.62. The Kier molecular flexibility index (Phi) is 3.76. The summed E-state index contributed by atoms with van der Waals surface area (Å²) in [5.41, 5.74) is -0.414. The van der Waals surface area contributed by atoms with Crippen molar-refractivity contribution in [1.29, 1.82) is 0 Å². The highest BCUT2D eigenvalue weighted by molar-refractivity contribution is 5.66. The molecule has 4 rings (SSSR count). The van der Waals surface area contributed by atoms with E-state index in [1.807, 2.05) is 6.92 Å². The van der Waals surface area contributed by atoms with E-state index in [1.165, 1.54) is 0 Å². The van der Waals surface area contributed by atoms with E-state index in [2.05, 4.69) is 13.8 Å². The Morgan fingerprint density at radius 3 is 2.63 bits per heavy atom. The number of hydrogen-bond acceptors (Lipinski definition) is 2. The Bertz CT molecular complexity index is 771. The molecule has 4 aliphatic carbocycles. The molecule has 0 aromatic rings. The maximum absolute atomic E-state index is 11.1. The van der Waals surface area contributed by atoms with Crippen LogP contribution in [0.3, 0.4) is 0 Å². The zero-order valence-corrected chi connectivity index (χ0v) is 17.1. The quantitative estimate of drug-likeness (QED) is 0.675. The van der Waals surface area contributed by atoms with Gasteiger partial charge in [0, 0.05) is 11.9 Å². The highest BCUT2D eigenvalue weighted by atomic mass is 16.4. The molecule has 0 aromatic heterocycles. The summed E-state index contributed by atoms with van der Waals surface area (Å²) in [7, 11) is 0. The molecule has 0 amide bonds. The summed E-state index contributed by atoms with van der Waals surface area (Å²) in [6.07, 6.45) is -0.743. The van der Waals surface area contributed by atoms with E-state index in [1.54, 1.807) is 0 Å². The van der Waals surface area contributed by atoms with Crippen molar-refractivity contribution >= 4 is 5.97 Å². The van der Waals surface area contributed by atoms with Crippen LogP contribution in [0.25, 0.3) is 0 Å². The van der Waals surface area contributed by atoms with Crippen molar-refractivity contribution in [3.05, 3.63) is 0 Å². The molecule has 0 aromatic carbocycles. The molecular weight excluding hydrogens is 336 g/mol. The van der Waals surface area contributed by atoms with Crippen LogP contribution in [0, 0.1) is 46.3 Å². The number of hydrogen-bond donors (Lipinski definition) is 2. The van der Waals surface area contributed by atoms with Crippen LogP contribution in [0.15, 0.2) is 0 Å². The fraction of sp³-hybridized carbons (Fsp3) is 0.958. The van der Waals surface area contributed by atoms with Crippen LogP contribution in [0.2, 0.25) is 0 Å². The molecule has 154 valence electrons. The normalized spacial score (nSPS) is 59.6. The van der Waals surface area contributed by atoms with Crippen molar-refractivity contribution in [3.63, 3.8) is 0 Å². The predicted octanol–water partition coefficient (Wildman–Crippen LogP) is 5.51. The molecule has 0 saturated heterocycles. The van der Waals surface area contributed by atoms with Crippen LogP contribution in [0.4, 0.5) is 0 Å². The number of carboxylic acids is 1. The van der Waals surface area contributed by atoms with Crippen molar-refractivity contribution in [3.8, 4) is 0 Å². The molecule has 1 unspecified atom stereocenters. The lowest BCUT2D eigenvalue weighted by atomic mass is 9.44. The highest BCUT2D eigenvalue weighted by Gasteiger charge is 2.60. The molecule has 0 radical (unpaired) electrons. The first kappa shape index (κ1) is 14.4. The lowest BCUT2D eigenvalue weighted by Gasteiger charge is -2.61. The van der Waals surface area contributed by atoms with Gasteiger partial charge in [0.2, 0.25) is 0 Å². The van der Waals surface area contributed by atoms with Crippen LogP contribution in [-0.2, 0) is 4.79 Å². The minimum Gasteiger partial charge on any atom is -0.481 e. The number of carbonyl (C=O) groups is 1. The second kappa shape index (κ2) is 7.04. The average Bonchev–Trinajstić information content (AvgIpc) is 3.01. The third kappa shape index (κ3) is 3.16. The zero-order valence-electron chi connectivity index (χ0n) is 22.1. The van der Waals surface area contributed by atoms with Gasteiger partial charge >= 0.3 is 5.97 Å². The van der Waals surface area contributed by atoms with Gasteiger partial charge in [-0.1, -0.05) is 20.8 Å². The van der Waals surface area contributed by atoms with E-state index in [0.717, 1.165) is 32.1 Å². The fourth-order valence-electron chi connectivity index (χ4n) is 7.97. The molecule has 27 heavy (non-hydrogen) atoms. The Labute approximate surface area is 172 Å². The molecule has 4 aliphatic rings. The first-order valence-corrected chi connectivity index (χ1v) is 11.0. The lowest BCUT2D eigenvalue weighted by molar-refractivity contribution is -0.138. The number of rotatable bonds is 4. The van der Waals surface area contributed by atoms with Crippen molar-refractivity contribution in [2.75, 3.05) is 0 Å². The largest absolute Gasteiger partial charge is 0.481 e. The smallest absolute Gasteiger partial charge is 0.303 e. The maximum atomic E-state index is 11.1. The van der Waals surface area contributed by atoms with Gasteiger partial charge in [-0.25, -0.2) is 0 Å². The van der Waals surface area contributed by atoms with Gasteiger partial charge in [-0.05, 0) is 110 Å². The van der Waals surface area contributed by atoms with Gasteiger partial charge in [-0.15, -0.1) is 0 Å². The molecule has 4 fully saturated rings. The first-order chi connectivity index (χ1) is 14.6. The molecule has 0 bridgehead atoms. The zero-order chi connectivity index (χ0) is 23.9. The topological polar surface area (TPSA) is 57.5 Å². The van der Waals surface area contributed by atoms with E-state index in [-0.39, 0.29) is 24.2 Å². The van der Waals surface area contributed by atoms with Crippen molar-refractivity contribution in [1.82, 2.24) is 0 Å². The minimum absolute atomic E-state index is 0.0349. The van der Waals surface area contributed by atoms with E-state index in [4.69, 9.17) is 12.0 Å². The van der Waals surface area contributed by atoms with Gasteiger partial charge < -0.3 is 10.2 Å². The van der Waals surface area contributed by atoms with Gasteiger partial charge in [-0.3, -0.25) is 4.79 Å². The van der Waals surface area contributed by atoms with Crippen molar-refractivity contribution in [2.24, 2.45) is 46.3 Å². The van der Waals surface area contributed by atoms with Gasteiger partial charge in [0.15, 0.2) is 0 Å². The predicted molar refractivity (Wildman–Crippen MR) is 107 cm³/mol. The summed E-state index contributed by atoms with van der Waals surface area (Å²) < 4.78 is 42.4. The van der Waals surface area contributed by atoms with E-state index in [0.29, 0.717) is 36.5 Å². The molecule has 3 nitrogen and oxygen atoms in total. The van der Waals surface area contributed by atoms with Crippen LogP contribution >= 0.6 is 0 Å². The second-order valence-corrected chi connectivity index (χ2v) is 10.5. The molecule has 9 atom stereocenters. The average molecular weight is 382 g/mol. The minimum atomic E-state index is -2.74. The number of aliphatic hydroxyl groups is 1. The third-order valence-corrected chi connectivity index (χ3v) is 9.39. The summed E-state index contributed by atoms with van der Waals surface area (Å²) >= 11 is 0. The number of carboxylic acid groups (broad SMARTS) is 1. The lowest BCUT2D eigenvalue weighted by Crippen LogP contribution is -2.54. The number of aliphatic carboxylic acids is 1. The van der Waals surface area contributed by atoms with Crippen LogP contribution in [0.1, 0.15) is 98.2 Å². The van der Waals surface area contributed by atoms with Gasteiger partial charge in [0.1, 0.15) is 0 Å². The van der Waals surface area contributed by atoms with Crippen molar-refractivity contribution < 1.29 is 21.9 Å². The van der Waals surface area contributed by atoms with Gasteiger partial charge in [0.25, 0.3) is 0 Å². The van der Waals surface area contributed by atoms with Crippen LogP contribution in [-0.4, -0.2) is 22.3 Å². The maximum Gasteiger partial charge on any atom is 0.303 e. The molecule has 0 aliphatic heterocycles. The van der Waals surface area contributed by atoms with E-state index >= 15 is 0 Å². The Hall–Kier alpha value is -0.570. The van der Waals surface area contributed by atoms with Gasteiger partial charge in [-0.2, -0.15) is 0 Å². The standard InChI is InChI=1S/C24H40O3/c1-15(4-9-22(26)27)19-7-8-20-18-6-5-16-14-17(25)10-12-23(16,2)21(18)11-13-24(19,20)3/h15-21,25H,4-14H2,1-3H3,(H,26,27)/t15-,16?,17-,18+,19-,20+,21+,23+,24-/m1/s1/i10D2,14D2,17D. The number of fused-ring (bicyclic) bond motifs is 5. The Morgan fingerprint density at radius 2 is 1.89 bits per heavy atom.